The second-order valence-corrected chi connectivity index (χ2v) is 13.6. The summed E-state index contributed by atoms with van der Waals surface area (Å²) >= 11 is 0. The van der Waals surface area contributed by atoms with Crippen molar-refractivity contribution in [2.75, 3.05) is 54.6 Å². The number of carbonyl (C=O) groups is 2. The van der Waals surface area contributed by atoms with Crippen LogP contribution in [-0.4, -0.2) is 88.6 Å². The van der Waals surface area contributed by atoms with Gasteiger partial charge in [-0.2, -0.15) is 12.7 Å². The molecule has 1 aromatic heterocycles. The molecular weight excluding hydrogens is 580 g/mol. The van der Waals surface area contributed by atoms with Crippen LogP contribution in [0.2, 0.25) is 0 Å². The summed E-state index contributed by atoms with van der Waals surface area (Å²) in [7, 11) is 1.99. The van der Waals surface area contributed by atoms with Crippen LogP contribution < -0.4 is 4.72 Å². The van der Waals surface area contributed by atoms with Crippen molar-refractivity contribution in [2.24, 2.45) is 0 Å². The van der Waals surface area contributed by atoms with Gasteiger partial charge >= 0.3 is 10.2 Å². The largest absolute Gasteiger partial charge is 0.383 e. The van der Waals surface area contributed by atoms with Crippen LogP contribution in [0.4, 0.5) is 0 Å². The van der Waals surface area contributed by atoms with E-state index in [1.165, 1.54) is 26.1 Å². The molecule has 1 aliphatic carbocycles. The van der Waals surface area contributed by atoms with Crippen molar-refractivity contribution >= 4 is 39.0 Å². The van der Waals surface area contributed by atoms with E-state index in [1.807, 2.05) is 30.3 Å². The fraction of sp³-hybridized carbons (Fsp3) is 0.455. The van der Waals surface area contributed by atoms with Gasteiger partial charge in [-0.05, 0) is 48.1 Å². The number of nitrogens with one attached hydrogen (secondary N) is 1. The number of hydrogen-bond acceptors (Lipinski definition) is 6. The van der Waals surface area contributed by atoms with Crippen LogP contribution in [0.25, 0.3) is 28.2 Å². The van der Waals surface area contributed by atoms with Crippen LogP contribution in [0.1, 0.15) is 59.5 Å². The average Bonchev–Trinajstić information content (AvgIpc) is 3.23. The van der Waals surface area contributed by atoms with Crippen molar-refractivity contribution in [3.8, 4) is 11.3 Å². The smallest absolute Gasteiger partial charge is 0.303 e. The lowest BCUT2D eigenvalue weighted by Gasteiger charge is -2.24. The molecule has 0 radical (unpaired) electrons. The number of ether oxygens (including phenoxy) is 2. The van der Waals surface area contributed by atoms with Crippen molar-refractivity contribution in [3.05, 3.63) is 64.7 Å². The van der Waals surface area contributed by atoms with E-state index < -0.39 is 16.1 Å². The summed E-state index contributed by atoms with van der Waals surface area (Å²) in [6, 6.07) is 13.5. The number of hydrogen-bond donors (Lipinski definition) is 1. The number of nitrogens with zero attached hydrogens (tertiary/aromatic N) is 3. The van der Waals surface area contributed by atoms with Gasteiger partial charge in [0, 0.05) is 69.0 Å². The lowest BCUT2D eigenvalue weighted by Crippen LogP contribution is -2.39. The van der Waals surface area contributed by atoms with Gasteiger partial charge in [-0.15, -0.1) is 0 Å². The van der Waals surface area contributed by atoms with E-state index in [0.717, 1.165) is 57.7 Å². The molecule has 2 aliphatic rings. The SMILES string of the molecule is COCCN(CCOC)C(=O)C1=Cc2ccccc2-c2c(C3CCCCC3)c3ccc(C(=O)NS(=O)(=O)N(C)C)cc3n2C1. The van der Waals surface area contributed by atoms with Crippen molar-refractivity contribution in [1.82, 2.24) is 18.5 Å². The van der Waals surface area contributed by atoms with Gasteiger partial charge in [0.15, 0.2) is 0 Å². The molecule has 1 saturated carbocycles. The maximum absolute atomic E-state index is 14.1. The number of benzene rings is 2. The highest BCUT2D eigenvalue weighted by molar-refractivity contribution is 7.87. The van der Waals surface area contributed by atoms with Gasteiger partial charge in [0.05, 0.1) is 25.5 Å². The second kappa shape index (κ2) is 13.6. The molecule has 3 aromatic rings. The Morgan fingerprint density at radius 2 is 1.66 bits per heavy atom. The molecule has 1 fully saturated rings. The van der Waals surface area contributed by atoms with E-state index in [2.05, 4.69) is 15.4 Å². The summed E-state index contributed by atoms with van der Waals surface area (Å²) in [5.41, 5.74) is 5.93. The number of rotatable bonds is 11. The van der Waals surface area contributed by atoms with Crippen LogP contribution >= 0.6 is 0 Å². The van der Waals surface area contributed by atoms with E-state index in [1.54, 1.807) is 31.3 Å². The predicted octanol–water partition coefficient (Wildman–Crippen LogP) is 4.41. The third-order valence-electron chi connectivity index (χ3n) is 8.65. The summed E-state index contributed by atoms with van der Waals surface area (Å²) in [4.78, 5) is 29.1. The summed E-state index contributed by atoms with van der Waals surface area (Å²) in [6.07, 6.45) is 7.63. The Kier molecular flexibility index (Phi) is 9.89. The molecule has 2 heterocycles. The summed E-state index contributed by atoms with van der Waals surface area (Å²) in [5, 5.41) is 1.03. The third kappa shape index (κ3) is 6.46. The number of amides is 2. The standard InChI is InChI=1S/C33H42N4O6S/c1-35(2)44(40,41)34-32(38)25-14-15-28-29(21-25)37-22-26(33(39)36(16-18-42-3)17-19-43-4)20-24-12-8-9-13-27(24)31(37)30(28)23-10-6-5-7-11-23/h8-9,12-15,20-21,23H,5-7,10-11,16-19,22H2,1-4H3,(H,34,38). The zero-order valence-corrected chi connectivity index (χ0v) is 26.8. The van der Waals surface area contributed by atoms with E-state index in [4.69, 9.17) is 9.47 Å². The molecule has 0 unspecified atom stereocenters. The average molecular weight is 623 g/mol. The van der Waals surface area contributed by atoms with Gasteiger partial charge in [-0.1, -0.05) is 49.6 Å². The molecule has 1 aliphatic heterocycles. The quantitative estimate of drug-likeness (QED) is 0.339. The summed E-state index contributed by atoms with van der Waals surface area (Å²) in [6.45, 7) is 1.95. The van der Waals surface area contributed by atoms with E-state index in [0.29, 0.717) is 44.3 Å². The molecule has 1 N–H and O–H groups in total. The van der Waals surface area contributed by atoms with Crippen LogP contribution in [0.3, 0.4) is 0 Å². The fourth-order valence-corrected chi connectivity index (χ4v) is 6.87. The Hall–Kier alpha value is -3.51. The minimum Gasteiger partial charge on any atom is -0.383 e. The fourth-order valence-electron chi connectivity index (χ4n) is 6.34. The minimum absolute atomic E-state index is 0.103. The molecule has 0 saturated heterocycles. The summed E-state index contributed by atoms with van der Waals surface area (Å²) in [5.74, 6) is -0.475. The number of aromatic nitrogens is 1. The molecule has 0 spiro atoms. The first-order chi connectivity index (χ1) is 21.2. The van der Waals surface area contributed by atoms with Gasteiger partial charge < -0.3 is 18.9 Å². The predicted molar refractivity (Wildman–Crippen MR) is 172 cm³/mol. The number of carbonyl (C=O) groups excluding carboxylic acids is 2. The Labute approximate surface area is 259 Å². The topological polar surface area (TPSA) is 110 Å². The van der Waals surface area contributed by atoms with Crippen LogP contribution in [0, 0.1) is 0 Å². The highest BCUT2D eigenvalue weighted by Crippen LogP contribution is 2.46. The van der Waals surface area contributed by atoms with Gasteiger partial charge in [-0.25, -0.2) is 4.72 Å². The zero-order chi connectivity index (χ0) is 31.4. The van der Waals surface area contributed by atoms with Crippen molar-refractivity contribution < 1.29 is 27.5 Å². The molecule has 2 aromatic carbocycles. The van der Waals surface area contributed by atoms with E-state index in [9.17, 15) is 18.0 Å². The van der Waals surface area contributed by atoms with Crippen LogP contribution in [0.15, 0.2) is 48.0 Å². The monoisotopic (exact) mass is 622 g/mol. The van der Waals surface area contributed by atoms with Crippen molar-refractivity contribution in [3.63, 3.8) is 0 Å². The third-order valence-corrected chi connectivity index (χ3v) is 10.1. The first-order valence-corrected chi connectivity index (χ1v) is 16.6. The minimum atomic E-state index is -3.97. The van der Waals surface area contributed by atoms with E-state index >= 15 is 0 Å². The highest BCUT2D eigenvalue weighted by Gasteiger charge is 2.31. The molecule has 0 atom stereocenters. The molecule has 2 amide bonds. The van der Waals surface area contributed by atoms with E-state index in [-0.39, 0.29) is 11.5 Å². The van der Waals surface area contributed by atoms with Crippen LogP contribution in [-0.2, 0) is 31.0 Å². The molecule has 10 nitrogen and oxygen atoms in total. The first-order valence-electron chi connectivity index (χ1n) is 15.1. The van der Waals surface area contributed by atoms with Crippen molar-refractivity contribution in [1.29, 1.82) is 0 Å². The van der Waals surface area contributed by atoms with Crippen molar-refractivity contribution in [2.45, 2.75) is 44.6 Å². The highest BCUT2D eigenvalue weighted by atomic mass is 32.2. The van der Waals surface area contributed by atoms with Crippen LogP contribution in [0.5, 0.6) is 0 Å². The second-order valence-electron chi connectivity index (χ2n) is 11.7. The Balaban J connectivity index is 1.69. The number of fused-ring (bicyclic) bond motifs is 5. The molecule has 236 valence electrons. The summed E-state index contributed by atoms with van der Waals surface area (Å²) < 4.78 is 40.8. The molecular formula is C33H42N4O6S. The molecule has 0 bridgehead atoms. The molecule has 5 rings (SSSR count). The first kappa shape index (κ1) is 31.9. The Morgan fingerprint density at radius 3 is 2.32 bits per heavy atom. The van der Waals surface area contributed by atoms with Gasteiger partial charge in [0.2, 0.25) is 0 Å². The Morgan fingerprint density at radius 1 is 0.977 bits per heavy atom. The molecule has 44 heavy (non-hydrogen) atoms. The van der Waals surface area contributed by atoms with Gasteiger partial charge in [-0.3, -0.25) is 9.59 Å². The zero-order valence-electron chi connectivity index (χ0n) is 26.0. The molecule has 11 heteroatoms. The normalized spacial score (nSPS) is 15.4. The lowest BCUT2D eigenvalue weighted by atomic mass is 9.81. The lowest BCUT2D eigenvalue weighted by molar-refractivity contribution is -0.128. The van der Waals surface area contributed by atoms with Gasteiger partial charge in [0.1, 0.15) is 0 Å². The maximum atomic E-state index is 14.1. The van der Waals surface area contributed by atoms with Gasteiger partial charge in [0.25, 0.3) is 11.8 Å². The number of methoxy groups -OCH3 is 2. The Bertz CT molecular complexity index is 1660. The maximum Gasteiger partial charge on any atom is 0.303 e.